The van der Waals surface area contributed by atoms with E-state index in [1.54, 1.807) is 23.9 Å². The molecule has 124 valence electrons. The third kappa shape index (κ3) is 2.85. The second kappa shape index (κ2) is 6.22. The summed E-state index contributed by atoms with van der Waals surface area (Å²) in [6.07, 6.45) is 7.25. The van der Waals surface area contributed by atoms with Crippen molar-refractivity contribution in [3.63, 3.8) is 0 Å². The zero-order valence-electron chi connectivity index (χ0n) is 14.3. The van der Waals surface area contributed by atoms with Crippen LogP contribution in [-0.2, 0) is 0 Å². The molecule has 4 aromatic heterocycles. The summed E-state index contributed by atoms with van der Waals surface area (Å²) in [6, 6.07) is 8.32. The molecule has 5 nitrogen and oxygen atoms in total. The number of thiophene rings is 1. The van der Waals surface area contributed by atoms with E-state index >= 15 is 0 Å². The Morgan fingerprint density at radius 2 is 1.76 bits per heavy atom. The van der Waals surface area contributed by atoms with Crippen LogP contribution < -0.4 is 0 Å². The van der Waals surface area contributed by atoms with Crippen LogP contribution in [0.5, 0.6) is 0 Å². The van der Waals surface area contributed by atoms with E-state index < -0.39 is 0 Å². The zero-order valence-corrected chi connectivity index (χ0v) is 15.1. The standard InChI is InChI=1S/C19H17N5S/c1-12-4-5-15(21-10-12)16-6-7-17(25-16)18-13(2)14(3)19(23-22-18)24-9-8-20-11-24/h4-11H,1-3H3. The van der Waals surface area contributed by atoms with E-state index in [2.05, 4.69) is 58.3 Å². The molecule has 0 saturated carbocycles. The van der Waals surface area contributed by atoms with Gasteiger partial charge in [0.1, 0.15) is 12.0 Å². The van der Waals surface area contributed by atoms with Crippen molar-refractivity contribution in [3.8, 4) is 27.0 Å². The monoisotopic (exact) mass is 347 g/mol. The van der Waals surface area contributed by atoms with E-state index in [0.717, 1.165) is 43.7 Å². The summed E-state index contributed by atoms with van der Waals surface area (Å²) in [5.74, 6) is 0.815. The van der Waals surface area contributed by atoms with E-state index in [-0.39, 0.29) is 0 Å². The minimum absolute atomic E-state index is 0.815. The molecular formula is C19H17N5S. The van der Waals surface area contributed by atoms with E-state index in [9.17, 15) is 0 Å². The van der Waals surface area contributed by atoms with Crippen LogP contribution in [0.2, 0.25) is 0 Å². The summed E-state index contributed by atoms with van der Waals surface area (Å²) >= 11 is 1.69. The van der Waals surface area contributed by atoms with Gasteiger partial charge < -0.3 is 0 Å². The van der Waals surface area contributed by atoms with Crippen molar-refractivity contribution in [1.29, 1.82) is 0 Å². The van der Waals surface area contributed by atoms with Crippen molar-refractivity contribution in [2.45, 2.75) is 20.8 Å². The van der Waals surface area contributed by atoms with Gasteiger partial charge in [-0.2, -0.15) is 0 Å². The highest BCUT2D eigenvalue weighted by atomic mass is 32.1. The Hall–Kier alpha value is -2.86. The van der Waals surface area contributed by atoms with Crippen molar-refractivity contribution in [2.24, 2.45) is 0 Å². The quantitative estimate of drug-likeness (QED) is 0.552. The summed E-state index contributed by atoms with van der Waals surface area (Å²) in [4.78, 5) is 10.8. The minimum Gasteiger partial charge on any atom is -0.289 e. The minimum atomic E-state index is 0.815. The molecule has 25 heavy (non-hydrogen) atoms. The average molecular weight is 347 g/mol. The molecule has 0 N–H and O–H groups in total. The van der Waals surface area contributed by atoms with Gasteiger partial charge in [-0.1, -0.05) is 6.07 Å². The van der Waals surface area contributed by atoms with E-state index in [0.29, 0.717) is 0 Å². The third-order valence-electron chi connectivity index (χ3n) is 4.25. The maximum absolute atomic E-state index is 4.51. The number of hydrogen-bond acceptors (Lipinski definition) is 5. The zero-order chi connectivity index (χ0) is 17.4. The molecule has 0 aliphatic carbocycles. The number of aryl methyl sites for hydroxylation is 1. The van der Waals surface area contributed by atoms with Crippen LogP contribution in [0.25, 0.3) is 27.0 Å². The number of rotatable bonds is 3. The highest BCUT2D eigenvalue weighted by Gasteiger charge is 2.15. The van der Waals surface area contributed by atoms with Crippen molar-refractivity contribution in [2.75, 3.05) is 0 Å². The Balaban J connectivity index is 1.73. The Bertz CT molecular complexity index is 1020. The molecule has 0 saturated heterocycles. The molecule has 6 heteroatoms. The molecule has 0 spiro atoms. The fourth-order valence-electron chi connectivity index (χ4n) is 2.67. The number of imidazole rings is 1. The van der Waals surface area contributed by atoms with Crippen LogP contribution >= 0.6 is 11.3 Å². The molecular weight excluding hydrogens is 330 g/mol. The van der Waals surface area contributed by atoms with Crippen molar-refractivity contribution >= 4 is 11.3 Å². The first-order valence-corrected chi connectivity index (χ1v) is 8.80. The fraction of sp³-hybridized carbons (Fsp3) is 0.158. The summed E-state index contributed by atoms with van der Waals surface area (Å²) < 4.78 is 1.88. The van der Waals surface area contributed by atoms with Crippen LogP contribution in [0.3, 0.4) is 0 Å². The summed E-state index contributed by atoms with van der Waals surface area (Å²) in [5, 5.41) is 8.89. The third-order valence-corrected chi connectivity index (χ3v) is 5.36. The first-order valence-electron chi connectivity index (χ1n) is 7.99. The fourth-order valence-corrected chi connectivity index (χ4v) is 3.70. The first kappa shape index (κ1) is 15.7. The van der Waals surface area contributed by atoms with Crippen molar-refractivity contribution in [1.82, 2.24) is 24.7 Å². The van der Waals surface area contributed by atoms with E-state index in [4.69, 9.17) is 0 Å². The summed E-state index contributed by atoms with van der Waals surface area (Å²) in [5.41, 5.74) is 5.30. The molecule has 4 heterocycles. The van der Waals surface area contributed by atoms with Crippen LogP contribution in [-0.4, -0.2) is 24.7 Å². The van der Waals surface area contributed by atoms with Gasteiger partial charge in [0.2, 0.25) is 0 Å². The Morgan fingerprint density at radius 1 is 0.920 bits per heavy atom. The highest BCUT2D eigenvalue weighted by molar-refractivity contribution is 7.18. The normalized spacial score (nSPS) is 11.0. The molecule has 0 fully saturated rings. The molecule has 0 bridgehead atoms. The van der Waals surface area contributed by atoms with Gasteiger partial charge in [0.15, 0.2) is 5.82 Å². The van der Waals surface area contributed by atoms with E-state index in [1.807, 2.05) is 23.9 Å². The predicted molar refractivity (Wildman–Crippen MR) is 99.9 cm³/mol. The first-order chi connectivity index (χ1) is 12.1. The molecule has 4 rings (SSSR count). The number of aromatic nitrogens is 5. The topological polar surface area (TPSA) is 56.5 Å². The number of hydrogen-bond donors (Lipinski definition) is 0. The molecule has 0 aliphatic rings. The van der Waals surface area contributed by atoms with Gasteiger partial charge >= 0.3 is 0 Å². The van der Waals surface area contributed by atoms with Crippen LogP contribution in [0.4, 0.5) is 0 Å². The average Bonchev–Trinajstić information content (AvgIpc) is 3.30. The number of nitrogens with zero attached hydrogens (tertiary/aromatic N) is 5. The van der Waals surface area contributed by atoms with Gasteiger partial charge in [-0.25, -0.2) is 4.98 Å². The van der Waals surface area contributed by atoms with Gasteiger partial charge in [-0.15, -0.1) is 21.5 Å². The number of pyridine rings is 1. The lowest BCUT2D eigenvalue weighted by Gasteiger charge is -2.10. The molecule has 0 amide bonds. The lowest BCUT2D eigenvalue weighted by molar-refractivity contribution is 0.893. The molecule has 0 unspecified atom stereocenters. The molecule has 0 atom stereocenters. The van der Waals surface area contributed by atoms with Gasteiger partial charge in [0, 0.05) is 18.6 Å². The SMILES string of the molecule is Cc1ccc(-c2ccc(-c3nnc(-n4ccnc4)c(C)c3C)s2)nc1. The molecule has 0 aromatic carbocycles. The van der Waals surface area contributed by atoms with Gasteiger partial charge in [0.25, 0.3) is 0 Å². The van der Waals surface area contributed by atoms with Gasteiger partial charge in [-0.3, -0.25) is 9.55 Å². The Morgan fingerprint density at radius 3 is 2.48 bits per heavy atom. The van der Waals surface area contributed by atoms with Gasteiger partial charge in [-0.05, 0) is 55.7 Å². The second-order valence-corrected chi connectivity index (χ2v) is 7.06. The Labute approximate surface area is 150 Å². The molecule has 0 radical (unpaired) electrons. The summed E-state index contributed by atoms with van der Waals surface area (Å²) in [6.45, 7) is 6.20. The van der Waals surface area contributed by atoms with Crippen LogP contribution in [0.15, 0.2) is 49.2 Å². The molecule has 4 aromatic rings. The Kier molecular flexibility index (Phi) is 3.89. The van der Waals surface area contributed by atoms with E-state index in [1.165, 1.54) is 0 Å². The van der Waals surface area contributed by atoms with Crippen LogP contribution in [0, 0.1) is 20.8 Å². The van der Waals surface area contributed by atoms with Crippen molar-refractivity contribution < 1.29 is 0 Å². The van der Waals surface area contributed by atoms with Gasteiger partial charge in [0.05, 0.1) is 15.4 Å². The maximum Gasteiger partial charge on any atom is 0.163 e. The predicted octanol–water partition coefficient (Wildman–Crippen LogP) is 4.38. The maximum atomic E-state index is 4.51. The van der Waals surface area contributed by atoms with Crippen molar-refractivity contribution in [3.05, 3.63) is 65.9 Å². The lowest BCUT2D eigenvalue weighted by Crippen LogP contribution is -2.04. The second-order valence-electron chi connectivity index (χ2n) is 5.98. The lowest BCUT2D eigenvalue weighted by atomic mass is 10.1. The molecule has 0 aliphatic heterocycles. The highest BCUT2D eigenvalue weighted by Crippen LogP contribution is 2.35. The largest absolute Gasteiger partial charge is 0.289 e. The van der Waals surface area contributed by atoms with Crippen LogP contribution in [0.1, 0.15) is 16.7 Å². The summed E-state index contributed by atoms with van der Waals surface area (Å²) in [7, 11) is 0. The smallest absolute Gasteiger partial charge is 0.163 e.